The second-order valence-electron chi connectivity index (χ2n) is 13.2. The van der Waals surface area contributed by atoms with Gasteiger partial charge in [-0.1, -0.05) is 50.3 Å². The minimum atomic E-state index is -0.272. The Bertz CT molecular complexity index is 2100. The molecule has 2 fully saturated rings. The molecule has 0 amide bonds. The van der Waals surface area contributed by atoms with Crippen molar-refractivity contribution >= 4 is 35.0 Å². The SMILES string of the molecule is CCC1=C(C)C2=CC3=NC(=C(C)/C3=C(O)\C=C\c3ccccc3)C=C3NC(=C4CC(=O)C5=C(C)C(=CC1=N2)N=C45)[C@@H](CCC(=O)OC)[C@@H]3C. The van der Waals surface area contributed by atoms with Gasteiger partial charge in [0.25, 0.3) is 0 Å². The Hall–Kier alpha value is -5.37. The molecule has 1 aromatic carbocycles. The number of esters is 1. The molecular weight excluding hydrogens is 612 g/mol. The van der Waals surface area contributed by atoms with Crippen LogP contribution in [0, 0.1) is 11.8 Å². The summed E-state index contributed by atoms with van der Waals surface area (Å²) in [6.07, 6.45) is 11.4. The topological polar surface area (TPSA) is 113 Å². The number of carbonyl (C=O) groups is 2. The Morgan fingerprint density at radius 3 is 2.47 bits per heavy atom. The molecule has 8 nitrogen and oxygen atoms in total. The van der Waals surface area contributed by atoms with Gasteiger partial charge >= 0.3 is 5.97 Å². The fourth-order valence-corrected chi connectivity index (χ4v) is 7.61. The van der Waals surface area contributed by atoms with Crippen LogP contribution in [0.25, 0.3) is 6.08 Å². The molecule has 0 spiro atoms. The highest BCUT2D eigenvalue weighted by molar-refractivity contribution is 6.38. The van der Waals surface area contributed by atoms with Gasteiger partial charge in [-0.05, 0) is 85.8 Å². The number of nitrogens with one attached hydrogen (secondary N) is 1. The number of carbonyl (C=O) groups excluding carboxylic acids is 2. The van der Waals surface area contributed by atoms with Crippen molar-refractivity contribution in [2.75, 3.05) is 7.11 Å². The molecule has 8 heteroatoms. The Balaban J connectivity index is 1.45. The molecule has 6 aliphatic rings. The summed E-state index contributed by atoms with van der Waals surface area (Å²) in [6.45, 7) is 10.2. The number of allylic oxidation sites excluding steroid dienone is 13. The number of fused-ring (bicyclic) bond motifs is 5. The van der Waals surface area contributed by atoms with Crippen LogP contribution < -0.4 is 5.32 Å². The smallest absolute Gasteiger partial charge is 0.305 e. The zero-order valence-corrected chi connectivity index (χ0v) is 28.8. The highest BCUT2D eigenvalue weighted by Crippen LogP contribution is 2.45. The standard InChI is InChI=1S/C41H40N4O4/c1-7-26-21(2)29-20-34-38(35(46)15-13-25-11-9-8-10-12-25)23(4)31(43-34)18-30-22(3)27(14-16-37(48)49-6)40(44-30)28-17-36(47)39-24(5)32(45-41(28)39)19-33(26)42-29/h8-13,15,18-20,22,27,44,46H,7,14,16-17H2,1-6H3/b15-13+,29-20?,30-18?,32-19?,38-35-,40-28?/t22-,27-/m0/s1. The summed E-state index contributed by atoms with van der Waals surface area (Å²) in [6, 6.07) is 9.86. The molecule has 0 aromatic heterocycles. The van der Waals surface area contributed by atoms with Gasteiger partial charge in [0.1, 0.15) is 5.76 Å². The number of aliphatic hydroxyl groups is 1. The van der Waals surface area contributed by atoms with Crippen LogP contribution in [0.1, 0.15) is 65.9 Å². The van der Waals surface area contributed by atoms with Crippen molar-refractivity contribution < 1.29 is 19.4 Å². The van der Waals surface area contributed by atoms with Gasteiger partial charge in [0.15, 0.2) is 5.78 Å². The summed E-state index contributed by atoms with van der Waals surface area (Å²) in [4.78, 5) is 41.1. The van der Waals surface area contributed by atoms with Gasteiger partial charge in [-0.25, -0.2) is 15.0 Å². The van der Waals surface area contributed by atoms with Crippen LogP contribution in [0.5, 0.6) is 0 Å². The second-order valence-corrected chi connectivity index (χ2v) is 13.2. The van der Waals surface area contributed by atoms with Crippen molar-refractivity contribution in [3.8, 4) is 0 Å². The van der Waals surface area contributed by atoms with Crippen LogP contribution in [0.2, 0.25) is 0 Å². The first-order valence-electron chi connectivity index (χ1n) is 16.9. The summed E-state index contributed by atoms with van der Waals surface area (Å²) >= 11 is 0. The van der Waals surface area contributed by atoms with E-state index in [1.54, 1.807) is 6.08 Å². The molecule has 49 heavy (non-hydrogen) atoms. The van der Waals surface area contributed by atoms with Crippen LogP contribution in [0.4, 0.5) is 0 Å². The lowest BCUT2D eigenvalue weighted by Crippen LogP contribution is -2.15. The zero-order valence-electron chi connectivity index (χ0n) is 28.8. The monoisotopic (exact) mass is 652 g/mol. The maximum absolute atomic E-state index is 13.6. The molecule has 1 saturated heterocycles. The number of aliphatic imine (C=N–C) groups is 3. The normalized spacial score (nSPS) is 24.0. The fraction of sp³-hybridized carbons (Fsp3) is 0.293. The van der Waals surface area contributed by atoms with Crippen LogP contribution in [0.15, 0.2) is 143 Å². The quantitative estimate of drug-likeness (QED) is 0.240. The van der Waals surface area contributed by atoms with Gasteiger partial charge in [0.2, 0.25) is 0 Å². The molecule has 248 valence electrons. The number of hydrogen-bond acceptors (Lipinski definition) is 8. The predicted molar refractivity (Wildman–Crippen MR) is 194 cm³/mol. The third-order valence-corrected chi connectivity index (χ3v) is 10.4. The molecule has 2 N–H and O–H groups in total. The van der Waals surface area contributed by atoms with E-state index in [9.17, 15) is 14.7 Å². The Labute approximate surface area is 286 Å². The first-order chi connectivity index (χ1) is 23.6. The van der Waals surface area contributed by atoms with Crippen molar-refractivity contribution in [1.82, 2.24) is 5.32 Å². The molecule has 0 unspecified atom stereocenters. The lowest BCUT2D eigenvalue weighted by Gasteiger charge is -2.17. The number of rotatable bonds is 6. The molecule has 0 radical (unpaired) electrons. The number of hydrogen-bond donors (Lipinski definition) is 2. The third-order valence-electron chi connectivity index (χ3n) is 10.4. The van der Waals surface area contributed by atoms with Crippen molar-refractivity contribution in [3.63, 3.8) is 0 Å². The summed E-state index contributed by atoms with van der Waals surface area (Å²) in [5.74, 6) is -0.190. The molecule has 7 rings (SSSR count). The first-order valence-corrected chi connectivity index (χ1v) is 16.9. The maximum atomic E-state index is 13.6. The molecule has 1 saturated carbocycles. The summed E-state index contributed by atoms with van der Waals surface area (Å²) in [5.41, 5.74) is 13.2. The Morgan fingerprint density at radius 2 is 1.73 bits per heavy atom. The summed E-state index contributed by atoms with van der Waals surface area (Å²) < 4.78 is 5.00. The van der Waals surface area contributed by atoms with Crippen LogP contribution in [-0.2, 0) is 14.3 Å². The van der Waals surface area contributed by atoms with Gasteiger partial charge in [0.05, 0.1) is 41.3 Å². The van der Waals surface area contributed by atoms with Crippen molar-refractivity contribution in [2.24, 2.45) is 26.8 Å². The molecule has 5 heterocycles. The van der Waals surface area contributed by atoms with E-state index >= 15 is 0 Å². The zero-order chi connectivity index (χ0) is 34.6. The average molecular weight is 653 g/mol. The first kappa shape index (κ1) is 32.2. The number of benzene rings is 1. The van der Waals surface area contributed by atoms with Gasteiger partial charge in [-0.3, -0.25) is 9.59 Å². The fourth-order valence-electron chi connectivity index (χ4n) is 7.61. The largest absolute Gasteiger partial charge is 0.507 e. The van der Waals surface area contributed by atoms with Crippen molar-refractivity contribution in [3.05, 3.63) is 133 Å². The van der Waals surface area contributed by atoms with E-state index in [4.69, 9.17) is 19.7 Å². The third kappa shape index (κ3) is 5.55. The van der Waals surface area contributed by atoms with Gasteiger partial charge < -0.3 is 15.2 Å². The predicted octanol–water partition coefficient (Wildman–Crippen LogP) is 7.89. The van der Waals surface area contributed by atoms with E-state index in [0.29, 0.717) is 29.0 Å². The van der Waals surface area contributed by atoms with Gasteiger partial charge in [-0.2, -0.15) is 0 Å². The van der Waals surface area contributed by atoms with Gasteiger partial charge in [-0.15, -0.1) is 0 Å². The van der Waals surface area contributed by atoms with Crippen molar-refractivity contribution in [2.45, 2.75) is 60.3 Å². The van der Waals surface area contributed by atoms with E-state index in [2.05, 4.69) is 26.1 Å². The van der Waals surface area contributed by atoms with Crippen LogP contribution in [-0.4, -0.2) is 41.1 Å². The van der Waals surface area contributed by atoms with E-state index in [0.717, 1.165) is 74.0 Å². The number of methoxy groups -OCH3 is 1. The molecule has 2 atom stereocenters. The van der Waals surface area contributed by atoms with E-state index in [1.807, 2.05) is 68.5 Å². The summed E-state index contributed by atoms with van der Waals surface area (Å²) in [5, 5.41) is 15.3. The number of ether oxygens (including phenoxy) is 1. The molecular formula is C41H40N4O4. The molecule has 1 aromatic rings. The highest BCUT2D eigenvalue weighted by Gasteiger charge is 2.43. The van der Waals surface area contributed by atoms with Crippen LogP contribution >= 0.6 is 0 Å². The minimum Gasteiger partial charge on any atom is -0.507 e. The average Bonchev–Trinajstić information content (AvgIpc) is 3.85. The minimum absolute atomic E-state index is 0.0140. The number of Topliss-reactive ketones (excluding diaryl/α,β-unsaturated/α-hetero) is 1. The van der Waals surface area contributed by atoms with E-state index < -0.39 is 0 Å². The van der Waals surface area contributed by atoms with Gasteiger partial charge in [0, 0.05) is 52.8 Å². The molecule has 1 aliphatic carbocycles. The number of ketones is 1. The van der Waals surface area contributed by atoms with E-state index in [-0.39, 0.29) is 42.2 Å². The lowest BCUT2D eigenvalue weighted by atomic mass is 9.86. The number of nitrogens with zero attached hydrogens (tertiary/aromatic N) is 3. The lowest BCUT2D eigenvalue weighted by molar-refractivity contribution is -0.140. The number of aliphatic hydroxyl groups excluding tert-OH is 1. The molecule has 5 aliphatic heterocycles. The Morgan fingerprint density at radius 1 is 1.00 bits per heavy atom. The Kier molecular flexibility index (Phi) is 8.27. The van der Waals surface area contributed by atoms with Crippen LogP contribution in [0.3, 0.4) is 0 Å². The van der Waals surface area contributed by atoms with Crippen molar-refractivity contribution in [1.29, 1.82) is 0 Å². The van der Waals surface area contributed by atoms with E-state index in [1.165, 1.54) is 7.11 Å². The molecule has 8 bridgehead atoms. The highest BCUT2D eigenvalue weighted by atomic mass is 16.5. The summed E-state index contributed by atoms with van der Waals surface area (Å²) in [7, 11) is 1.40. The maximum Gasteiger partial charge on any atom is 0.305 e. The second kappa shape index (κ2) is 12.6.